The lowest BCUT2D eigenvalue weighted by atomic mass is 10.2. The lowest BCUT2D eigenvalue weighted by molar-refractivity contribution is -0.274. The van der Waals surface area contributed by atoms with Gasteiger partial charge in [0.25, 0.3) is 11.5 Å². The first-order valence-corrected chi connectivity index (χ1v) is 12.4. The van der Waals surface area contributed by atoms with Crippen LogP contribution in [-0.4, -0.2) is 34.6 Å². The van der Waals surface area contributed by atoms with Crippen molar-refractivity contribution in [2.45, 2.75) is 13.3 Å². The largest absolute Gasteiger partial charge is 0.573 e. The summed E-state index contributed by atoms with van der Waals surface area (Å²) in [6, 6.07) is 9.01. The molecule has 0 saturated carbocycles. The van der Waals surface area contributed by atoms with Gasteiger partial charge in [-0.15, -0.1) is 24.5 Å². The van der Waals surface area contributed by atoms with E-state index in [0.29, 0.717) is 4.47 Å². The third-order valence-corrected chi connectivity index (χ3v) is 6.55. The van der Waals surface area contributed by atoms with Gasteiger partial charge in [-0.1, -0.05) is 27.5 Å². The average molecular weight is 617 g/mol. The van der Waals surface area contributed by atoms with E-state index in [2.05, 4.69) is 31.1 Å². The lowest BCUT2D eigenvalue weighted by Crippen LogP contribution is -2.25. The van der Waals surface area contributed by atoms with Crippen LogP contribution < -0.4 is 15.6 Å². The first-order chi connectivity index (χ1) is 17.5. The number of nitrogens with one attached hydrogen (secondary N) is 1. The van der Waals surface area contributed by atoms with Gasteiger partial charge in [0, 0.05) is 15.2 Å². The molecule has 1 N–H and O–H groups in total. The molecule has 4 aromatic rings. The number of alkyl halides is 3. The Balaban J connectivity index is 1.83. The van der Waals surface area contributed by atoms with E-state index in [9.17, 15) is 27.6 Å². The number of hydrogen-bond donors (Lipinski definition) is 1. The van der Waals surface area contributed by atoms with Gasteiger partial charge in [0.2, 0.25) is 0 Å². The summed E-state index contributed by atoms with van der Waals surface area (Å²) in [4.78, 5) is 39.0. The van der Waals surface area contributed by atoms with Crippen molar-refractivity contribution in [3.05, 3.63) is 79.0 Å². The molecule has 192 valence electrons. The Bertz CT molecular complexity index is 1570. The zero-order chi connectivity index (χ0) is 26.9. The van der Waals surface area contributed by atoms with E-state index >= 15 is 0 Å². The quantitative estimate of drug-likeness (QED) is 0.260. The molecule has 2 heterocycles. The number of aromatic nitrogens is 2. The second-order valence-corrected chi connectivity index (χ2v) is 9.46. The van der Waals surface area contributed by atoms with Gasteiger partial charge in [0.1, 0.15) is 10.8 Å². The minimum absolute atomic E-state index is 0.0275. The van der Waals surface area contributed by atoms with Crippen LogP contribution in [0, 0.1) is 0 Å². The van der Waals surface area contributed by atoms with E-state index in [1.165, 1.54) is 29.6 Å². The van der Waals surface area contributed by atoms with Crippen LogP contribution in [0.3, 0.4) is 0 Å². The predicted molar refractivity (Wildman–Crippen MR) is 135 cm³/mol. The number of carbonyl (C=O) groups excluding carboxylic acids is 2. The van der Waals surface area contributed by atoms with Gasteiger partial charge in [0.05, 0.1) is 28.3 Å². The van der Waals surface area contributed by atoms with E-state index in [1.54, 1.807) is 13.0 Å². The summed E-state index contributed by atoms with van der Waals surface area (Å²) < 4.78 is 47.9. The van der Waals surface area contributed by atoms with Gasteiger partial charge in [-0.3, -0.25) is 9.59 Å². The molecule has 37 heavy (non-hydrogen) atoms. The molecule has 0 bridgehead atoms. The molecule has 0 atom stereocenters. The minimum atomic E-state index is -4.90. The standard InChI is InChI=1S/C23H14BrClF3N3O5S/c1-2-35-22(34)18-15-10-37-20(29-19(32)14-9-11(24)3-8-16(14)25)17(15)21(33)31(30-18)12-4-6-13(7-5-12)36-23(26,27)28/h3-10H,2H2,1H3,(H,29,32). The highest BCUT2D eigenvalue weighted by Crippen LogP contribution is 2.32. The topological polar surface area (TPSA) is 99.5 Å². The van der Waals surface area contributed by atoms with Crippen LogP contribution in [0.15, 0.2) is 57.1 Å². The Hall–Kier alpha value is -3.42. The smallest absolute Gasteiger partial charge is 0.461 e. The van der Waals surface area contributed by atoms with Crippen molar-refractivity contribution >= 4 is 66.5 Å². The number of thiophene rings is 1. The second-order valence-electron chi connectivity index (χ2n) is 7.26. The first kappa shape index (κ1) is 26.6. The Kier molecular flexibility index (Phi) is 7.57. The highest BCUT2D eigenvalue weighted by atomic mass is 79.9. The molecule has 0 spiro atoms. The van der Waals surface area contributed by atoms with Crippen molar-refractivity contribution in [3.8, 4) is 11.4 Å². The fourth-order valence-corrected chi connectivity index (χ4v) is 4.79. The maximum absolute atomic E-state index is 13.5. The molecule has 1 amide bonds. The fraction of sp³-hybridized carbons (Fsp3) is 0.130. The van der Waals surface area contributed by atoms with Gasteiger partial charge < -0.3 is 14.8 Å². The van der Waals surface area contributed by atoms with Crippen molar-refractivity contribution in [1.82, 2.24) is 9.78 Å². The van der Waals surface area contributed by atoms with Crippen molar-refractivity contribution in [3.63, 3.8) is 0 Å². The van der Waals surface area contributed by atoms with Crippen LogP contribution in [0.2, 0.25) is 5.02 Å². The molecule has 0 unspecified atom stereocenters. The lowest BCUT2D eigenvalue weighted by Gasteiger charge is -2.12. The predicted octanol–water partition coefficient (Wildman–Crippen LogP) is 6.19. The zero-order valence-electron chi connectivity index (χ0n) is 18.6. The molecule has 0 saturated heterocycles. The molecular weight excluding hydrogens is 603 g/mol. The number of nitrogens with zero attached hydrogens (tertiary/aromatic N) is 2. The van der Waals surface area contributed by atoms with E-state index in [4.69, 9.17) is 16.3 Å². The first-order valence-electron chi connectivity index (χ1n) is 10.3. The number of halogens is 5. The van der Waals surface area contributed by atoms with Gasteiger partial charge in [-0.25, -0.2) is 4.79 Å². The molecule has 0 aliphatic heterocycles. The SMILES string of the molecule is CCOC(=O)c1nn(-c2ccc(OC(F)(F)F)cc2)c(=O)c2c(NC(=O)c3cc(Br)ccc3Cl)scc12. The molecule has 0 fully saturated rings. The fourth-order valence-electron chi connectivity index (χ4n) is 3.30. The molecule has 0 radical (unpaired) electrons. The van der Waals surface area contributed by atoms with Crippen LogP contribution in [0.4, 0.5) is 18.2 Å². The van der Waals surface area contributed by atoms with Crippen molar-refractivity contribution in [2.75, 3.05) is 11.9 Å². The summed E-state index contributed by atoms with van der Waals surface area (Å²) >= 11 is 10.4. The molecule has 2 aromatic carbocycles. The summed E-state index contributed by atoms with van der Waals surface area (Å²) in [5.74, 6) is -1.95. The zero-order valence-corrected chi connectivity index (χ0v) is 21.7. The summed E-state index contributed by atoms with van der Waals surface area (Å²) in [5, 5.41) is 8.59. The maximum Gasteiger partial charge on any atom is 0.573 e. The van der Waals surface area contributed by atoms with Crippen molar-refractivity contribution in [1.29, 1.82) is 0 Å². The van der Waals surface area contributed by atoms with Crippen molar-refractivity contribution < 1.29 is 32.2 Å². The van der Waals surface area contributed by atoms with E-state index < -0.39 is 29.5 Å². The minimum Gasteiger partial charge on any atom is -0.461 e. The average Bonchev–Trinajstić information content (AvgIpc) is 3.24. The maximum atomic E-state index is 13.5. The molecule has 8 nitrogen and oxygen atoms in total. The normalized spacial score (nSPS) is 11.4. The van der Waals surface area contributed by atoms with Gasteiger partial charge >= 0.3 is 12.3 Å². The van der Waals surface area contributed by atoms with Crippen LogP contribution in [0.25, 0.3) is 16.5 Å². The number of carbonyl (C=O) groups is 2. The number of hydrogen-bond acceptors (Lipinski definition) is 7. The molecule has 4 rings (SSSR count). The molecule has 0 aliphatic carbocycles. The highest BCUT2D eigenvalue weighted by molar-refractivity contribution is 9.10. The number of amides is 1. The number of benzene rings is 2. The number of ether oxygens (including phenoxy) is 2. The number of esters is 1. The van der Waals surface area contributed by atoms with Gasteiger partial charge in [-0.05, 0) is 49.4 Å². The Labute approximate surface area is 223 Å². The Morgan fingerprint density at radius 1 is 1.19 bits per heavy atom. The van der Waals surface area contributed by atoms with Crippen LogP contribution in [0.1, 0.15) is 27.8 Å². The summed E-state index contributed by atoms with van der Waals surface area (Å²) in [5.41, 5.74) is -0.767. The summed E-state index contributed by atoms with van der Waals surface area (Å²) in [6.07, 6.45) is -4.90. The summed E-state index contributed by atoms with van der Waals surface area (Å²) in [7, 11) is 0. The Morgan fingerprint density at radius 2 is 1.89 bits per heavy atom. The van der Waals surface area contributed by atoms with Gasteiger partial charge in [0.15, 0.2) is 5.69 Å². The molecule has 2 aromatic heterocycles. The second kappa shape index (κ2) is 10.5. The molecule has 0 aliphatic rings. The third kappa shape index (κ3) is 5.78. The van der Waals surface area contributed by atoms with E-state index in [-0.39, 0.29) is 44.3 Å². The number of anilines is 1. The van der Waals surface area contributed by atoms with Crippen molar-refractivity contribution in [2.24, 2.45) is 0 Å². The van der Waals surface area contributed by atoms with E-state index in [1.807, 2.05) is 0 Å². The van der Waals surface area contributed by atoms with Crippen LogP contribution in [-0.2, 0) is 4.74 Å². The molecular formula is C23H14BrClF3N3O5S. The Morgan fingerprint density at radius 3 is 2.54 bits per heavy atom. The van der Waals surface area contributed by atoms with E-state index in [0.717, 1.165) is 28.2 Å². The highest BCUT2D eigenvalue weighted by Gasteiger charge is 2.31. The summed E-state index contributed by atoms with van der Waals surface area (Å²) in [6.45, 7) is 1.62. The number of rotatable bonds is 6. The van der Waals surface area contributed by atoms with Crippen LogP contribution in [0.5, 0.6) is 5.75 Å². The van der Waals surface area contributed by atoms with Crippen LogP contribution >= 0.6 is 38.9 Å². The monoisotopic (exact) mass is 615 g/mol. The number of fused-ring (bicyclic) bond motifs is 1. The third-order valence-electron chi connectivity index (χ3n) is 4.84. The molecule has 14 heteroatoms. The van der Waals surface area contributed by atoms with Gasteiger partial charge in [-0.2, -0.15) is 9.78 Å².